The van der Waals surface area contributed by atoms with Crippen molar-refractivity contribution in [3.8, 4) is 0 Å². The summed E-state index contributed by atoms with van der Waals surface area (Å²) in [6.07, 6.45) is 1.39. The molecule has 1 aromatic heterocycles. The molecular formula is C9H14ClN5O. The zero-order valence-corrected chi connectivity index (χ0v) is 10.1. The van der Waals surface area contributed by atoms with E-state index in [4.69, 9.17) is 17.3 Å². The van der Waals surface area contributed by atoms with E-state index in [0.29, 0.717) is 11.5 Å². The van der Waals surface area contributed by atoms with Crippen LogP contribution >= 0.6 is 11.6 Å². The summed E-state index contributed by atoms with van der Waals surface area (Å²) in [4.78, 5) is 20.7. The van der Waals surface area contributed by atoms with Crippen LogP contribution in [0.2, 0.25) is 5.28 Å². The molecule has 7 heteroatoms. The van der Waals surface area contributed by atoms with Crippen molar-refractivity contribution < 1.29 is 4.79 Å². The van der Waals surface area contributed by atoms with E-state index >= 15 is 0 Å². The molecule has 0 bridgehead atoms. The normalized spacial score (nSPS) is 12.0. The molecule has 16 heavy (non-hydrogen) atoms. The average Bonchev–Trinajstić information content (AvgIpc) is 2.22. The van der Waals surface area contributed by atoms with Crippen molar-refractivity contribution in [2.75, 3.05) is 25.1 Å². The third-order valence-corrected chi connectivity index (χ3v) is 2.13. The molecule has 1 atom stereocenters. The molecule has 1 unspecified atom stereocenters. The van der Waals surface area contributed by atoms with Crippen LogP contribution < -0.4 is 11.1 Å². The first-order valence-corrected chi connectivity index (χ1v) is 5.05. The molecule has 0 aliphatic rings. The third kappa shape index (κ3) is 2.96. The molecule has 88 valence electrons. The maximum Gasteiger partial charge on any atom is 0.244 e. The standard InChI is InChI=1S/C9H14ClN5O/c1-5(8(16)15(2)3)13-7-6(11)4-12-9(10)14-7/h4-5H,11H2,1-3H3,(H,12,13,14). The lowest BCUT2D eigenvalue weighted by molar-refractivity contribution is -0.129. The summed E-state index contributed by atoms with van der Waals surface area (Å²) >= 11 is 5.63. The number of hydrogen-bond donors (Lipinski definition) is 2. The largest absolute Gasteiger partial charge is 0.394 e. The Balaban J connectivity index is 2.80. The van der Waals surface area contributed by atoms with Crippen molar-refractivity contribution >= 4 is 29.0 Å². The fraction of sp³-hybridized carbons (Fsp3) is 0.444. The van der Waals surface area contributed by atoms with Crippen LogP contribution in [-0.2, 0) is 4.79 Å². The number of carbonyl (C=O) groups excluding carboxylic acids is 1. The highest BCUT2D eigenvalue weighted by Gasteiger charge is 2.16. The number of nitrogen functional groups attached to an aromatic ring is 1. The monoisotopic (exact) mass is 243 g/mol. The van der Waals surface area contributed by atoms with E-state index in [1.54, 1.807) is 21.0 Å². The quantitative estimate of drug-likeness (QED) is 0.760. The van der Waals surface area contributed by atoms with Crippen LogP contribution in [0.15, 0.2) is 6.20 Å². The number of aromatic nitrogens is 2. The lowest BCUT2D eigenvalue weighted by Gasteiger charge is -2.19. The molecule has 0 spiro atoms. The van der Waals surface area contributed by atoms with E-state index in [-0.39, 0.29) is 11.2 Å². The summed E-state index contributed by atoms with van der Waals surface area (Å²) < 4.78 is 0. The SMILES string of the molecule is CC(Nc1nc(Cl)ncc1N)C(=O)N(C)C. The van der Waals surface area contributed by atoms with Gasteiger partial charge in [-0.05, 0) is 18.5 Å². The van der Waals surface area contributed by atoms with Gasteiger partial charge in [0.1, 0.15) is 6.04 Å². The van der Waals surface area contributed by atoms with E-state index in [1.165, 1.54) is 11.1 Å². The molecule has 6 nitrogen and oxygen atoms in total. The van der Waals surface area contributed by atoms with E-state index in [0.717, 1.165) is 0 Å². The van der Waals surface area contributed by atoms with Crippen LogP contribution in [0.5, 0.6) is 0 Å². The van der Waals surface area contributed by atoms with Gasteiger partial charge in [-0.15, -0.1) is 0 Å². The van der Waals surface area contributed by atoms with Gasteiger partial charge in [0.05, 0.1) is 11.9 Å². The Morgan fingerprint density at radius 1 is 1.62 bits per heavy atom. The lowest BCUT2D eigenvalue weighted by atomic mass is 10.3. The molecule has 0 aromatic carbocycles. The predicted molar refractivity (Wildman–Crippen MR) is 63.2 cm³/mol. The van der Waals surface area contributed by atoms with Gasteiger partial charge in [-0.25, -0.2) is 4.98 Å². The van der Waals surface area contributed by atoms with Crippen LogP contribution in [0.3, 0.4) is 0 Å². The second kappa shape index (κ2) is 4.98. The van der Waals surface area contributed by atoms with Gasteiger partial charge >= 0.3 is 0 Å². The molecular weight excluding hydrogens is 230 g/mol. The number of likely N-dealkylation sites (N-methyl/N-ethyl adjacent to an activating group) is 1. The highest BCUT2D eigenvalue weighted by molar-refractivity contribution is 6.28. The Kier molecular flexibility index (Phi) is 3.89. The maximum absolute atomic E-state index is 11.6. The predicted octanol–water partition coefficient (Wildman–Crippen LogP) is 0.601. The number of amides is 1. The minimum atomic E-state index is -0.428. The summed E-state index contributed by atoms with van der Waals surface area (Å²) in [6.45, 7) is 1.72. The smallest absolute Gasteiger partial charge is 0.244 e. The molecule has 0 fully saturated rings. The number of nitrogens with one attached hydrogen (secondary N) is 1. The fourth-order valence-electron chi connectivity index (χ4n) is 1.14. The van der Waals surface area contributed by atoms with Crippen molar-refractivity contribution in [2.45, 2.75) is 13.0 Å². The van der Waals surface area contributed by atoms with E-state index in [9.17, 15) is 4.79 Å². The number of halogens is 1. The lowest BCUT2D eigenvalue weighted by Crippen LogP contribution is -2.37. The Morgan fingerprint density at radius 2 is 2.25 bits per heavy atom. The van der Waals surface area contributed by atoms with Gasteiger partial charge < -0.3 is 16.0 Å². The summed E-state index contributed by atoms with van der Waals surface area (Å²) in [5.41, 5.74) is 5.99. The third-order valence-electron chi connectivity index (χ3n) is 1.95. The molecule has 0 radical (unpaired) electrons. The van der Waals surface area contributed by atoms with Crippen molar-refractivity contribution in [3.63, 3.8) is 0 Å². The molecule has 1 heterocycles. The van der Waals surface area contributed by atoms with Crippen LogP contribution in [-0.4, -0.2) is 40.9 Å². The van der Waals surface area contributed by atoms with Gasteiger partial charge in [-0.2, -0.15) is 4.98 Å². The van der Waals surface area contributed by atoms with Gasteiger partial charge in [-0.3, -0.25) is 4.79 Å². The fourth-order valence-corrected chi connectivity index (χ4v) is 1.27. The Hall–Kier alpha value is -1.56. The van der Waals surface area contributed by atoms with Gasteiger partial charge in [-0.1, -0.05) is 0 Å². The molecule has 1 rings (SSSR count). The summed E-state index contributed by atoms with van der Waals surface area (Å²) in [6, 6.07) is -0.428. The number of nitrogens with zero attached hydrogens (tertiary/aromatic N) is 3. The highest BCUT2D eigenvalue weighted by Crippen LogP contribution is 2.16. The Morgan fingerprint density at radius 3 is 2.81 bits per heavy atom. The van der Waals surface area contributed by atoms with Crippen molar-refractivity contribution in [1.29, 1.82) is 0 Å². The number of nitrogens with two attached hydrogens (primary N) is 1. The van der Waals surface area contributed by atoms with Crippen LogP contribution in [0.25, 0.3) is 0 Å². The first kappa shape index (κ1) is 12.5. The number of rotatable bonds is 3. The first-order valence-electron chi connectivity index (χ1n) is 4.67. The second-order valence-electron chi connectivity index (χ2n) is 3.54. The Labute approximate surface area is 98.8 Å². The molecule has 3 N–H and O–H groups in total. The zero-order valence-electron chi connectivity index (χ0n) is 9.36. The van der Waals surface area contributed by atoms with Crippen molar-refractivity contribution in [2.24, 2.45) is 0 Å². The first-order chi connectivity index (χ1) is 7.41. The van der Waals surface area contributed by atoms with Crippen LogP contribution in [0.1, 0.15) is 6.92 Å². The van der Waals surface area contributed by atoms with Gasteiger partial charge in [0.25, 0.3) is 0 Å². The Bertz CT molecular complexity index is 395. The van der Waals surface area contributed by atoms with Gasteiger partial charge in [0.2, 0.25) is 11.2 Å². The molecule has 0 aliphatic heterocycles. The van der Waals surface area contributed by atoms with Crippen LogP contribution in [0, 0.1) is 0 Å². The van der Waals surface area contributed by atoms with E-state index < -0.39 is 6.04 Å². The average molecular weight is 244 g/mol. The van der Waals surface area contributed by atoms with Gasteiger partial charge in [0, 0.05) is 14.1 Å². The minimum Gasteiger partial charge on any atom is -0.394 e. The topological polar surface area (TPSA) is 84.1 Å². The highest BCUT2D eigenvalue weighted by atomic mass is 35.5. The molecule has 0 saturated carbocycles. The molecule has 0 aliphatic carbocycles. The van der Waals surface area contributed by atoms with Crippen molar-refractivity contribution in [1.82, 2.24) is 14.9 Å². The molecule has 1 aromatic rings. The summed E-state index contributed by atoms with van der Waals surface area (Å²) in [5, 5.41) is 2.96. The second-order valence-corrected chi connectivity index (χ2v) is 3.88. The number of carbonyl (C=O) groups is 1. The number of anilines is 2. The summed E-state index contributed by atoms with van der Waals surface area (Å²) in [5.74, 6) is 0.289. The zero-order chi connectivity index (χ0) is 12.3. The van der Waals surface area contributed by atoms with E-state index in [2.05, 4.69) is 15.3 Å². The van der Waals surface area contributed by atoms with Crippen molar-refractivity contribution in [3.05, 3.63) is 11.5 Å². The van der Waals surface area contributed by atoms with Gasteiger partial charge in [0.15, 0.2) is 5.82 Å². The number of hydrogen-bond acceptors (Lipinski definition) is 5. The minimum absolute atomic E-state index is 0.0749. The van der Waals surface area contributed by atoms with E-state index in [1.807, 2.05) is 0 Å². The molecule has 1 amide bonds. The van der Waals surface area contributed by atoms with Crippen LogP contribution in [0.4, 0.5) is 11.5 Å². The summed E-state index contributed by atoms with van der Waals surface area (Å²) in [7, 11) is 3.35. The maximum atomic E-state index is 11.6. The molecule has 0 saturated heterocycles.